The molecule has 11 heavy (non-hydrogen) atoms. The van der Waals surface area contributed by atoms with Gasteiger partial charge in [0.05, 0.1) is 6.61 Å². The number of aliphatic hydroxyl groups is 1. The number of nitrogens with zero attached hydrogens (tertiary/aromatic N) is 2. The number of hydrogen-bond donors (Lipinski definition) is 2. The highest BCUT2D eigenvalue weighted by molar-refractivity contribution is 5.85. The van der Waals surface area contributed by atoms with Gasteiger partial charge in [0.2, 0.25) is 5.62 Å². The Balaban J connectivity index is 0.000001000. The van der Waals surface area contributed by atoms with Gasteiger partial charge in [-0.25, -0.2) is 4.98 Å². The fourth-order valence-electron chi connectivity index (χ4n) is 0.689. The zero-order valence-electron chi connectivity index (χ0n) is 5.90. The van der Waals surface area contributed by atoms with E-state index >= 15 is 0 Å². The van der Waals surface area contributed by atoms with Gasteiger partial charge in [-0.15, -0.1) is 12.4 Å². The van der Waals surface area contributed by atoms with E-state index in [4.69, 9.17) is 10.5 Å². The Bertz CT molecular complexity index is 260. The molecule has 0 radical (unpaired) electrons. The third-order valence-corrected chi connectivity index (χ3v) is 1.16. The molecule has 0 unspecified atom stereocenters. The van der Waals surface area contributed by atoms with Crippen LogP contribution in [0.3, 0.4) is 0 Å². The van der Waals surface area contributed by atoms with Gasteiger partial charge in [-0.1, -0.05) is 0 Å². The lowest BCUT2D eigenvalue weighted by atomic mass is 10.6. The average molecular weight is 176 g/mol. The van der Waals surface area contributed by atoms with Crippen molar-refractivity contribution < 1.29 is 5.11 Å². The van der Waals surface area contributed by atoms with Crippen molar-refractivity contribution in [2.75, 3.05) is 6.61 Å². The summed E-state index contributed by atoms with van der Waals surface area (Å²) in [6.45, 7) is 0.481. The van der Waals surface area contributed by atoms with Crippen molar-refractivity contribution in [1.29, 1.82) is 5.41 Å². The molecule has 1 aromatic heterocycles. The molecule has 5 heteroatoms. The molecule has 0 fully saturated rings. The molecular formula is C6H10ClN3O. The number of rotatable bonds is 2. The Hall–Kier alpha value is -0.870. The molecule has 0 spiro atoms. The molecule has 0 atom stereocenters. The highest BCUT2D eigenvalue weighted by Crippen LogP contribution is 1.76. The highest BCUT2D eigenvalue weighted by Gasteiger charge is 1.87. The normalized spacial score (nSPS) is 8.82. The Morgan fingerprint density at radius 1 is 1.64 bits per heavy atom. The van der Waals surface area contributed by atoms with E-state index in [1.165, 1.54) is 0 Å². The minimum atomic E-state index is 0. The summed E-state index contributed by atoms with van der Waals surface area (Å²) < 4.78 is 1.57. The second kappa shape index (κ2) is 4.87. The predicted molar refractivity (Wildman–Crippen MR) is 42.4 cm³/mol. The Morgan fingerprint density at radius 3 is 2.91 bits per heavy atom. The molecule has 1 heterocycles. The number of hydrogen-bond acceptors (Lipinski definition) is 3. The van der Waals surface area contributed by atoms with Crippen LogP contribution >= 0.6 is 12.4 Å². The number of aromatic nitrogens is 2. The van der Waals surface area contributed by atoms with Crippen molar-refractivity contribution in [3.05, 3.63) is 24.1 Å². The lowest BCUT2D eigenvalue weighted by Crippen LogP contribution is -2.22. The van der Waals surface area contributed by atoms with Crippen LogP contribution < -0.4 is 5.62 Å². The maximum atomic E-state index is 8.51. The molecule has 0 aliphatic rings. The van der Waals surface area contributed by atoms with Crippen LogP contribution in [0.4, 0.5) is 0 Å². The van der Waals surface area contributed by atoms with Gasteiger partial charge in [0.25, 0.3) is 0 Å². The van der Waals surface area contributed by atoms with E-state index in [2.05, 4.69) is 4.98 Å². The van der Waals surface area contributed by atoms with Crippen LogP contribution in [0.25, 0.3) is 0 Å². The Morgan fingerprint density at radius 2 is 2.36 bits per heavy atom. The minimum Gasteiger partial charge on any atom is -0.395 e. The summed E-state index contributed by atoms with van der Waals surface area (Å²) >= 11 is 0. The number of halogens is 1. The first-order valence-electron chi connectivity index (χ1n) is 3.01. The van der Waals surface area contributed by atoms with Crippen molar-refractivity contribution >= 4 is 12.4 Å². The fraction of sp³-hybridized carbons (Fsp3) is 0.333. The van der Waals surface area contributed by atoms with E-state index < -0.39 is 0 Å². The zero-order chi connectivity index (χ0) is 7.40. The van der Waals surface area contributed by atoms with Gasteiger partial charge in [-0.2, -0.15) is 0 Å². The van der Waals surface area contributed by atoms with E-state index in [-0.39, 0.29) is 24.6 Å². The molecule has 0 amide bonds. The quantitative estimate of drug-likeness (QED) is 0.653. The zero-order valence-corrected chi connectivity index (χ0v) is 6.71. The van der Waals surface area contributed by atoms with Crippen molar-refractivity contribution in [3.63, 3.8) is 0 Å². The molecule has 0 saturated carbocycles. The first kappa shape index (κ1) is 10.1. The van der Waals surface area contributed by atoms with E-state index in [9.17, 15) is 0 Å². The predicted octanol–water partition coefficient (Wildman–Crippen LogP) is -0.223. The molecule has 0 bridgehead atoms. The van der Waals surface area contributed by atoms with Crippen LogP contribution in [0, 0.1) is 5.41 Å². The average Bonchev–Trinajstić information content (AvgIpc) is 1.94. The lowest BCUT2D eigenvalue weighted by Gasteiger charge is -2.00. The van der Waals surface area contributed by atoms with Crippen molar-refractivity contribution in [2.24, 2.45) is 0 Å². The molecular weight excluding hydrogens is 166 g/mol. The van der Waals surface area contributed by atoms with E-state index in [1.807, 2.05) is 0 Å². The smallest absolute Gasteiger partial charge is 0.221 e. The van der Waals surface area contributed by atoms with Crippen molar-refractivity contribution in [2.45, 2.75) is 6.54 Å². The van der Waals surface area contributed by atoms with Crippen molar-refractivity contribution in [1.82, 2.24) is 9.55 Å². The molecule has 0 aromatic carbocycles. The molecule has 4 nitrogen and oxygen atoms in total. The molecule has 0 aliphatic carbocycles. The number of aliphatic hydroxyl groups excluding tert-OH is 1. The molecule has 1 rings (SSSR count). The summed E-state index contributed by atoms with van der Waals surface area (Å²) in [7, 11) is 0. The summed E-state index contributed by atoms with van der Waals surface area (Å²) in [6, 6.07) is 1.73. The van der Waals surface area contributed by atoms with Gasteiger partial charge < -0.3 is 9.67 Å². The van der Waals surface area contributed by atoms with Crippen LogP contribution in [0.15, 0.2) is 18.5 Å². The van der Waals surface area contributed by atoms with Crippen LogP contribution in [-0.2, 0) is 6.54 Å². The molecule has 0 aliphatic heterocycles. The van der Waals surface area contributed by atoms with Gasteiger partial charge in [-0.05, 0) is 6.07 Å². The first-order valence-corrected chi connectivity index (χ1v) is 3.01. The second-order valence-electron chi connectivity index (χ2n) is 1.86. The monoisotopic (exact) mass is 175 g/mol. The Kier molecular flexibility index (Phi) is 4.49. The summed E-state index contributed by atoms with van der Waals surface area (Å²) in [5.74, 6) is 0. The van der Waals surface area contributed by atoms with E-state index in [0.29, 0.717) is 6.54 Å². The third-order valence-electron chi connectivity index (χ3n) is 1.16. The van der Waals surface area contributed by atoms with Crippen molar-refractivity contribution in [3.8, 4) is 0 Å². The second-order valence-corrected chi connectivity index (χ2v) is 1.86. The standard InChI is InChI=1S/C6H9N3O.ClH/c7-6-8-2-1-3-9(6)4-5-10;/h1-3,7,10H,4-5H2;1H. The summed E-state index contributed by atoms with van der Waals surface area (Å²) in [6.07, 6.45) is 3.27. The van der Waals surface area contributed by atoms with Gasteiger partial charge in [0.1, 0.15) is 0 Å². The summed E-state index contributed by atoms with van der Waals surface area (Å²) in [5, 5.41) is 15.7. The third kappa shape index (κ3) is 2.69. The van der Waals surface area contributed by atoms with Crippen LogP contribution in [0.5, 0.6) is 0 Å². The van der Waals surface area contributed by atoms with Crippen LogP contribution in [0.1, 0.15) is 0 Å². The van der Waals surface area contributed by atoms with Crippen LogP contribution in [-0.4, -0.2) is 21.3 Å². The fourth-order valence-corrected chi connectivity index (χ4v) is 0.689. The SMILES string of the molecule is Cl.N=c1ncccn1CCO. The molecule has 2 N–H and O–H groups in total. The van der Waals surface area contributed by atoms with Gasteiger partial charge in [-0.3, -0.25) is 5.41 Å². The topological polar surface area (TPSA) is 61.9 Å². The van der Waals surface area contributed by atoms with Gasteiger partial charge >= 0.3 is 0 Å². The minimum absolute atomic E-state index is 0. The summed E-state index contributed by atoms with van der Waals surface area (Å²) in [4.78, 5) is 3.72. The van der Waals surface area contributed by atoms with Crippen LogP contribution in [0.2, 0.25) is 0 Å². The first-order chi connectivity index (χ1) is 4.84. The lowest BCUT2D eigenvalue weighted by molar-refractivity contribution is 0.272. The van der Waals surface area contributed by atoms with E-state index in [0.717, 1.165) is 0 Å². The summed E-state index contributed by atoms with van der Waals surface area (Å²) in [5.41, 5.74) is 0.177. The van der Waals surface area contributed by atoms with Gasteiger partial charge in [0.15, 0.2) is 0 Å². The molecule has 1 aromatic rings. The largest absolute Gasteiger partial charge is 0.395 e. The molecule has 62 valence electrons. The Labute approximate surface area is 70.4 Å². The number of nitrogens with one attached hydrogen (secondary N) is 1. The van der Waals surface area contributed by atoms with Gasteiger partial charge in [0, 0.05) is 18.9 Å². The maximum absolute atomic E-state index is 8.51. The molecule has 0 saturated heterocycles. The van der Waals surface area contributed by atoms with E-state index in [1.54, 1.807) is 23.0 Å². The highest BCUT2D eigenvalue weighted by atomic mass is 35.5. The maximum Gasteiger partial charge on any atom is 0.221 e.